The Morgan fingerprint density at radius 3 is 1.43 bits per heavy atom. The lowest BCUT2D eigenvalue weighted by Crippen LogP contribution is -1.84. The van der Waals surface area contributed by atoms with Crippen molar-refractivity contribution in [3.05, 3.63) is 29.3 Å². The van der Waals surface area contributed by atoms with Gasteiger partial charge in [0.25, 0.3) is 0 Å². The van der Waals surface area contributed by atoms with Gasteiger partial charge in [0.15, 0.2) is 0 Å². The van der Waals surface area contributed by atoms with Crippen molar-refractivity contribution in [2.45, 2.75) is 41.5 Å². The molecule has 0 radical (unpaired) electrons. The van der Waals surface area contributed by atoms with Gasteiger partial charge in [-0.15, -0.1) is 0 Å². The third kappa shape index (κ3) is 6.53. The minimum Gasteiger partial charge on any atom is -0.497 e. The molecule has 0 fully saturated rings. The van der Waals surface area contributed by atoms with Crippen LogP contribution >= 0.6 is 0 Å². The van der Waals surface area contributed by atoms with Crippen LogP contribution in [0, 0.1) is 13.8 Å². The topological polar surface area (TPSA) is 9.23 Å². The number of ether oxygens (including phenoxy) is 1. The number of hydrogen-bond acceptors (Lipinski definition) is 1. The van der Waals surface area contributed by atoms with Gasteiger partial charge < -0.3 is 4.74 Å². The van der Waals surface area contributed by atoms with E-state index in [2.05, 4.69) is 19.9 Å². The first-order valence-corrected chi connectivity index (χ1v) is 5.34. The lowest BCUT2D eigenvalue weighted by atomic mass is 10.1. The van der Waals surface area contributed by atoms with Gasteiger partial charge in [-0.05, 0) is 37.1 Å². The largest absolute Gasteiger partial charge is 0.497 e. The average Bonchev–Trinajstić information content (AvgIpc) is 2.22. The van der Waals surface area contributed by atoms with Crippen molar-refractivity contribution in [2.24, 2.45) is 0 Å². The lowest BCUT2D eigenvalue weighted by Gasteiger charge is -2.01. The van der Waals surface area contributed by atoms with Crippen LogP contribution in [0.4, 0.5) is 0 Å². The Labute approximate surface area is 89.1 Å². The molecule has 0 saturated heterocycles. The molecule has 0 unspecified atom stereocenters. The Hall–Kier alpha value is -0.980. The molecule has 1 aromatic carbocycles. The number of hydrogen-bond donors (Lipinski definition) is 0. The van der Waals surface area contributed by atoms with E-state index in [0.717, 1.165) is 5.75 Å². The zero-order valence-corrected chi connectivity index (χ0v) is 10.6. The quantitative estimate of drug-likeness (QED) is 0.648. The van der Waals surface area contributed by atoms with Crippen LogP contribution in [0.3, 0.4) is 0 Å². The van der Waals surface area contributed by atoms with Crippen LogP contribution in [-0.2, 0) is 0 Å². The highest BCUT2D eigenvalue weighted by Crippen LogP contribution is 2.14. The predicted molar refractivity (Wildman–Crippen MR) is 65.2 cm³/mol. The minimum absolute atomic E-state index is 0.942. The van der Waals surface area contributed by atoms with E-state index in [-0.39, 0.29) is 0 Å². The van der Waals surface area contributed by atoms with Gasteiger partial charge >= 0.3 is 0 Å². The molecule has 0 N–H and O–H groups in total. The lowest BCUT2D eigenvalue weighted by molar-refractivity contribution is 0.414. The molecule has 0 bridgehead atoms. The highest BCUT2D eigenvalue weighted by molar-refractivity contribution is 5.32. The summed E-state index contributed by atoms with van der Waals surface area (Å²) in [6.07, 6.45) is 0. The van der Waals surface area contributed by atoms with Crippen molar-refractivity contribution >= 4 is 0 Å². The van der Waals surface area contributed by atoms with Crippen molar-refractivity contribution in [3.8, 4) is 5.75 Å². The fraction of sp³-hybridized carbons (Fsp3) is 0.538. The average molecular weight is 196 g/mol. The van der Waals surface area contributed by atoms with Gasteiger partial charge in [0.05, 0.1) is 7.11 Å². The van der Waals surface area contributed by atoms with Gasteiger partial charge in [0, 0.05) is 0 Å². The number of rotatable bonds is 1. The van der Waals surface area contributed by atoms with E-state index < -0.39 is 0 Å². The van der Waals surface area contributed by atoms with E-state index in [1.807, 2.05) is 39.8 Å². The molecular weight excluding hydrogens is 172 g/mol. The molecule has 1 aromatic rings. The highest BCUT2D eigenvalue weighted by Gasteiger charge is 1.92. The molecule has 0 heterocycles. The number of benzene rings is 1. The van der Waals surface area contributed by atoms with Crippen molar-refractivity contribution in [1.82, 2.24) is 0 Å². The SMILES string of the molecule is CC.CC.COc1cc(C)cc(C)c1. The maximum absolute atomic E-state index is 5.08. The molecule has 0 amide bonds. The second-order valence-electron chi connectivity index (χ2n) is 2.53. The van der Waals surface area contributed by atoms with Gasteiger partial charge in [-0.1, -0.05) is 33.8 Å². The Kier molecular flexibility index (Phi) is 11.2. The molecule has 0 aromatic heterocycles. The van der Waals surface area contributed by atoms with Crippen molar-refractivity contribution in [3.63, 3.8) is 0 Å². The third-order valence-electron chi connectivity index (χ3n) is 1.43. The minimum atomic E-state index is 0.942. The first-order chi connectivity index (χ1) is 6.72. The summed E-state index contributed by atoms with van der Waals surface area (Å²) in [4.78, 5) is 0. The molecule has 1 rings (SSSR count). The molecule has 14 heavy (non-hydrogen) atoms. The number of methoxy groups -OCH3 is 1. The second-order valence-corrected chi connectivity index (χ2v) is 2.53. The summed E-state index contributed by atoms with van der Waals surface area (Å²) < 4.78 is 5.08. The first kappa shape index (κ1) is 15.5. The van der Waals surface area contributed by atoms with Gasteiger partial charge in [-0.2, -0.15) is 0 Å². The summed E-state index contributed by atoms with van der Waals surface area (Å²) >= 11 is 0. The van der Waals surface area contributed by atoms with Crippen molar-refractivity contribution in [2.75, 3.05) is 7.11 Å². The Morgan fingerprint density at radius 1 is 0.786 bits per heavy atom. The van der Waals surface area contributed by atoms with Crippen LogP contribution in [0.5, 0.6) is 5.75 Å². The Balaban J connectivity index is 0. The van der Waals surface area contributed by atoms with E-state index in [9.17, 15) is 0 Å². The summed E-state index contributed by atoms with van der Waals surface area (Å²) in [5.74, 6) is 0.942. The van der Waals surface area contributed by atoms with Crippen molar-refractivity contribution in [1.29, 1.82) is 0 Å². The smallest absolute Gasteiger partial charge is 0.119 e. The van der Waals surface area contributed by atoms with Crippen LogP contribution in [0.1, 0.15) is 38.8 Å². The van der Waals surface area contributed by atoms with Gasteiger partial charge in [-0.3, -0.25) is 0 Å². The molecule has 0 aliphatic rings. The zero-order valence-electron chi connectivity index (χ0n) is 10.6. The molecule has 82 valence electrons. The molecule has 0 saturated carbocycles. The fourth-order valence-corrected chi connectivity index (χ4v) is 1.05. The van der Waals surface area contributed by atoms with Crippen LogP contribution in [0.25, 0.3) is 0 Å². The van der Waals surface area contributed by atoms with Gasteiger partial charge in [-0.25, -0.2) is 0 Å². The summed E-state index contributed by atoms with van der Waals surface area (Å²) in [7, 11) is 1.69. The van der Waals surface area contributed by atoms with Crippen LogP contribution in [0.2, 0.25) is 0 Å². The number of aryl methyl sites for hydroxylation is 2. The van der Waals surface area contributed by atoms with E-state index in [1.54, 1.807) is 7.11 Å². The van der Waals surface area contributed by atoms with Crippen molar-refractivity contribution < 1.29 is 4.74 Å². The molecule has 1 nitrogen and oxygen atoms in total. The molecule has 0 aliphatic heterocycles. The fourth-order valence-electron chi connectivity index (χ4n) is 1.05. The van der Waals surface area contributed by atoms with Gasteiger partial charge in [0.1, 0.15) is 5.75 Å². The van der Waals surface area contributed by atoms with Gasteiger partial charge in [0.2, 0.25) is 0 Å². The first-order valence-electron chi connectivity index (χ1n) is 5.34. The Morgan fingerprint density at radius 2 is 1.14 bits per heavy atom. The summed E-state index contributed by atoms with van der Waals surface area (Å²) in [6.45, 7) is 12.1. The van der Waals surface area contributed by atoms with Crippen LogP contribution < -0.4 is 4.74 Å². The van der Waals surface area contributed by atoms with Crippen LogP contribution in [0.15, 0.2) is 18.2 Å². The molecule has 1 heteroatoms. The normalized spacial score (nSPS) is 7.64. The Bertz CT molecular complexity index is 208. The van der Waals surface area contributed by atoms with E-state index in [0.29, 0.717) is 0 Å². The molecule has 0 spiro atoms. The van der Waals surface area contributed by atoms with E-state index in [4.69, 9.17) is 4.74 Å². The standard InChI is InChI=1S/C9H12O.2C2H6/c1-7-4-8(2)6-9(5-7)10-3;2*1-2/h4-6H,1-3H3;2*1-2H3. The summed E-state index contributed by atoms with van der Waals surface area (Å²) in [5.41, 5.74) is 2.49. The second kappa shape index (κ2) is 10.1. The highest BCUT2D eigenvalue weighted by atomic mass is 16.5. The van der Waals surface area contributed by atoms with Crippen LogP contribution in [-0.4, -0.2) is 7.11 Å². The molecule has 0 aliphatic carbocycles. The molecule has 0 atom stereocenters. The predicted octanol–water partition coefficient (Wildman–Crippen LogP) is 4.36. The van der Waals surface area contributed by atoms with E-state index in [1.165, 1.54) is 11.1 Å². The maximum Gasteiger partial charge on any atom is 0.119 e. The summed E-state index contributed by atoms with van der Waals surface area (Å²) in [6, 6.07) is 6.17. The van der Waals surface area contributed by atoms with E-state index >= 15 is 0 Å². The third-order valence-corrected chi connectivity index (χ3v) is 1.43. The summed E-state index contributed by atoms with van der Waals surface area (Å²) in [5, 5.41) is 0. The zero-order chi connectivity index (χ0) is 11.6. The maximum atomic E-state index is 5.08. The monoisotopic (exact) mass is 196 g/mol. The molecular formula is C13H24O.